The van der Waals surface area contributed by atoms with E-state index in [0.717, 1.165) is 27.9 Å². The number of hydrogen-bond acceptors (Lipinski definition) is 3. The molecular formula is C13H13N3O. The summed E-state index contributed by atoms with van der Waals surface area (Å²) in [6.45, 7) is 2.38. The molecular weight excluding hydrogens is 214 g/mol. The van der Waals surface area contributed by atoms with Crippen molar-refractivity contribution < 1.29 is 5.11 Å². The van der Waals surface area contributed by atoms with Gasteiger partial charge in [0.05, 0.1) is 16.9 Å². The molecule has 0 spiro atoms. The molecule has 0 saturated heterocycles. The van der Waals surface area contributed by atoms with E-state index in [1.807, 2.05) is 29.5 Å². The Morgan fingerprint density at radius 2 is 2.06 bits per heavy atom. The number of benzene rings is 1. The predicted molar refractivity (Wildman–Crippen MR) is 67.0 cm³/mol. The van der Waals surface area contributed by atoms with Gasteiger partial charge in [0.1, 0.15) is 11.4 Å². The van der Waals surface area contributed by atoms with Crippen LogP contribution in [-0.2, 0) is 6.54 Å². The first-order chi connectivity index (χ1) is 8.20. The number of rotatable bonds is 1. The summed E-state index contributed by atoms with van der Waals surface area (Å²) in [5, 5.41) is 10.7. The molecule has 2 aromatic heterocycles. The van der Waals surface area contributed by atoms with Gasteiger partial charge in [-0.1, -0.05) is 0 Å². The van der Waals surface area contributed by atoms with Crippen molar-refractivity contribution in [1.29, 1.82) is 0 Å². The molecule has 4 nitrogen and oxygen atoms in total. The third kappa shape index (κ3) is 1.38. The molecule has 17 heavy (non-hydrogen) atoms. The summed E-state index contributed by atoms with van der Waals surface area (Å²) in [4.78, 5) is 4.47. The predicted octanol–water partition coefficient (Wildman–Crippen LogP) is 1.96. The van der Waals surface area contributed by atoms with Crippen LogP contribution in [0.1, 0.15) is 11.4 Å². The lowest BCUT2D eigenvalue weighted by Gasteiger charge is -2.05. The second-order valence-corrected chi connectivity index (χ2v) is 4.12. The van der Waals surface area contributed by atoms with E-state index in [4.69, 9.17) is 5.73 Å². The van der Waals surface area contributed by atoms with Gasteiger partial charge in [-0.05, 0) is 36.6 Å². The zero-order chi connectivity index (χ0) is 12.0. The van der Waals surface area contributed by atoms with Crippen LogP contribution in [0.25, 0.3) is 16.6 Å². The van der Waals surface area contributed by atoms with Crippen LogP contribution in [0, 0.1) is 6.92 Å². The molecule has 0 amide bonds. The normalized spacial score (nSPS) is 11.4. The number of nitrogens with zero attached hydrogens (tertiary/aromatic N) is 2. The van der Waals surface area contributed by atoms with Gasteiger partial charge in [-0.2, -0.15) is 0 Å². The molecule has 3 aromatic rings. The Bertz CT molecular complexity index is 715. The number of nitrogens with two attached hydrogens (primary N) is 1. The average Bonchev–Trinajstić information content (AvgIpc) is 2.64. The van der Waals surface area contributed by atoms with Crippen molar-refractivity contribution in [2.24, 2.45) is 5.73 Å². The number of aromatic hydroxyl groups is 1. The summed E-state index contributed by atoms with van der Waals surface area (Å²) < 4.78 is 2.00. The van der Waals surface area contributed by atoms with E-state index in [1.165, 1.54) is 0 Å². The molecule has 86 valence electrons. The molecule has 0 bridgehead atoms. The molecule has 0 aliphatic heterocycles. The van der Waals surface area contributed by atoms with Gasteiger partial charge < -0.3 is 10.8 Å². The monoisotopic (exact) mass is 227 g/mol. The van der Waals surface area contributed by atoms with Crippen molar-refractivity contribution in [2.45, 2.75) is 13.5 Å². The second-order valence-electron chi connectivity index (χ2n) is 4.12. The molecule has 1 aromatic carbocycles. The van der Waals surface area contributed by atoms with Crippen LogP contribution < -0.4 is 5.73 Å². The van der Waals surface area contributed by atoms with Crippen LogP contribution in [0.5, 0.6) is 5.75 Å². The minimum Gasteiger partial charge on any atom is -0.508 e. The lowest BCUT2D eigenvalue weighted by molar-refractivity contribution is 0.476. The maximum absolute atomic E-state index is 9.60. The van der Waals surface area contributed by atoms with Crippen LogP contribution in [0.15, 0.2) is 30.3 Å². The maximum Gasteiger partial charge on any atom is 0.137 e. The van der Waals surface area contributed by atoms with Crippen LogP contribution >= 0.6 is 0 Å². The van der Waals surface area contributed by atoms with Crippen molar-refractivity contribution in [1.82, 2.24) is 9.38 Å². The molecule has 0 aliphatic carbocycles. The van der Waals surface area contributed by atoms with Gasteiger partial charge in [-0.15, -0.1) is 0 Å². The Balaban J connectivity index is 2.56. The Labute approximate surface area is 98.3 Å². The van der Waals surface area contributed by atoms with Gasteiger partial charge in [0, 0.05) is 12.6 Å². The molecule has 3 rings (SSSR count). The zero-order valence-corrected chi connectivity index (χ0v) is 9.51. The third-order valence-electron chi connectivity index (χ3n) is 3.06. The minimum atomic E-state index is 0.249. The summed E-state index contributed by atoms with van der Waals surface area (Å²) >= 11 is 0. The number of aromatic nitrogens is 2. The van der Waals surface area contributed by atoms with Crippen LogP contribution in [-0.4, -0.2) is 14.5 Å². The highest BCUT2D eigenvalue weighted by molar-refractivity contribution is 5.83. The summed E-state index contributed by atoms with van der Waals surface area (Å²) in [6.07, 6.45) is 0. The molecule has 0 saturated carbocycles. The largest absolute Gasteiger partial charge is 0.508 e. The molecule has 4 heteroatoms. The summed E-state index contributed by atoms with van der Waals surface area (Å²) in [6, 6.07) is 9.27. The quantitative estimate of drug-likeness (QED) is 0.668. The van der Waals surface area contributed by atoms with Gasteiger partial charge in [-0.3, -0.25) is 4.40 Å². The van der Waals surface area contributed by atoms with Crippen molar-refractivity contribution in [3.05, 3.63) is 41.7 Å². The van der Waals surface area contributed by atoms with Crippen molar-refractivity contribution in [2.75, 3.05) is 0 Å². The van der Waals surface area contributed by atoms with E-state index >= 15 is 0 Å². The number of imidazole rings is 1. The van der Waals surface area contributed by atoms with E-state index in [9.17, 15) is 5.11 Å². The third-order valence-corrected chi connectivity index (χ3v) is 3.06. The molecule has 3 N–H and O–H groups in total. The first-order valence-electron chi connectivity index (χ1n) is 5.50. The molecule has 0 aliphatic rings. The number of hydrogen-bond donors (Lipinski definition) is 2. The van der Waals surface area contributed by atoms with Crippen molar-refractivity contribution >= 4 is 16.6 Å². The molecule has 2 heterocycles. The molecule has 0 unspecified atom stereocenters. The topological polar surface area (TPSA) is 63.5 Å². The van der Waals surface area contributed by atoms with Crippen molar-refractivity contribution in [3.63, 3.8) is 0 Å². The van der Waals surface area contributed by atoms with Crippen LogP contribution in [0.2, 0.25) is 0 Å². The summed E-state index contributed by atoms with van der Waals surface area (Å²) in [7, 11) is 0. The lowest BCUT2D eigenvalue weighted by atomic mass is 10.2. The molecule has 0 atom stereocenters. The fourth-order valence-electron chi connectivity index (χ4n) is 2.24. The number of phenols is 1. The van der Waals surface area contributed by atoms with E-state index in [0.29, 0.717) is 6.54 Å². The average molecular weight is 227 g/mol. The maximum atomic E-state index is 9.60. The van der Waals surface area contributed by atoms with Gasteiger partial charge >= 0.3 is 0 Å². The van der Waals surface area contributed by atoms with Crippen LogP contribution in [0.3, 0.4) is 0 Å². The smallest absolute Gasteiger partial charge is 0.137 e. The van der Waals surface area contributed by atoms with Gasteiger partial charge in [0.2, 0.25) is 0 Å². The minimum absolute atomic E-state index is 0.249. The standard InChI is InChI=1S/C13H13N3O/c1-8-12(7-14)16-11-6-10(17)4-2-9(11)3-5-13(16)15-8/h2-6,17H,7,14H2,1H3. The zero-order valence-electron chi connectivity index (χ0n) is 9.51. The Morgan fingerprint density at radius 1 is 1.29 bits per heavy atom. The number of pyridine rings is 1. The Kier molecular flexibility index (Phi) is 2.06. The van der Waals surface area contributed by atoms with E-state index in [1.54, 1.807) is 12.1 Å². The Hall–Kier alpha value is -2.07. The highest BCUT2D eigenvalue weighted by Gasteiger charge is 2.10. The SMILES string of the molecule is Cc1nc2ccc3ccc(O)cc3n2c1CN. The fraction of sp³-hybridized carbons (Fsp3) is 0.154. The van der Waals surface area contributed by atoms with Gasteiger partial charge in [0.15, 0.2) is 0 Å². The first kappa shape index (κ1) is 10.1. The number of phenolic OH excluding ortho intramolecular Hbond substituents is 1. The number of fused-ring (bicyclic) bond motifs is 3. The highest BCUT2D eigenvalue weighted by Crippen LogP contribution is 2.24. The number of aryl methyl sites for hydroxylation is 1. The Morgan fingerprint density at radius 3 is 2.82 bits per heavy atom. The molecule has 0 radical (unpaired) electrons. The molecule has 0 fully saturated rings. The first-order valence-corrected chi connectivity index (χ1v) is 5.50. The second kappa shape index (κ2) is 3.46. The van der Waals surface area contributed by atoms with Crippen molar-refractivity contribution in [3.8, 4) is 5.75 Å². The van der Waals surface area contributed by atoms with E-state index < -0.39 is 0 Å². The summed E-state index contributed by atoms with van der Waals surface area (Å²) in [5.74, 6) is 0.249. The van der Waals surface area contributed by atoms with E-state index in [-0.39, 0.29) is 5.75 Å². The fourth-order valence-corrected chi connectivity index (χ4v) is 2.24. The highest BCUT2D eigenvalue weighted by atomic mass is 16.3. The summed E-state index contributed by atoms with van der Waals surface area (Å²) in [5.41, 5.74) is 9.48. The van der Waals surface area contributed by atoms with Gasteiger partial charge in [0.25, 0.3) is 0 Å². The van der Waals surface area contributed by atoms with Gasteiger partial charge in [-0.25, -0.2) is 4.98 Å². The van der Waals surface area contributed by atoms with E-state index in [2.05, 4.69) is 4.98 Å². The lowest BCUT2D eigenvalue weighted by Crippen LogP contribution is -2.03. The van der Waals surface area contributed by atoms with Crippen LogP contribution in [0.4, 0.5) is 0 Å².